The smallest absolute Gasteiger partial charge is 0.140 e. The summed E-state index contributed by atoms with van der Waals surface area (Å²) in [5, 5.41) is 0. The van der Waals surface area contributed by atoms with Crippen molar-refractivity contribution >= 4 is 18.8 Å². The maximum Gasteiger partial charge on any atom is 0.140 e. The largest absolute Gasteiger partial charge is 0.257 e. The molecule has 16 heavy (non-hydrogen) atoms. The first kappa shape index (κ1) is 16.6. The molecule has 0 fully saturated rings. The fourth-order valence-electron chi connectivity index (χ4n) is 1.92. The van der Waals surface area contributed by atoms with Crippen LogP contribution in [0.3, 0.4) is 0 Å². The second-order valence-corrected chi connectivity index (χ2v) is 7.18. The minimum Gasteiger partial charge on any atom is -0.257 e. The van der Waals surface area contributed by atoms with E-state index in [9.17, 15) is 0 Å². The van der Waals surface area contributed by atoms with Gasteiger partial charge < -0.3 is 0 Å². The Morgan fingerprint density at radius 3 is 1.56 bits per heavy atom. The standard InChI is InChI=1S/C12H28ClN2P/c1-7-9-14(10-8-2)16(13)15(11(3)4)12(5)6/h11-12H,7-10H2,1-6H3. The van der Waals surface area contributed by atoms with Gasteiger partial charge in [0.1, 0.15) is 7.58 Å². The van der Waals surface area contributed by atoms with Gasteiger partial charge in [-0.2, -0.15) is 0 Å². The molecule has 0 bridgehead atoms. The van der Waals surface area contributed by atoms with Gasteiger partial charge in [0.15, 0.2) is 0 Å². The average Bonchev–Trinajstić information content (AvgIpc) is 2.16. The summed E-state index contributed by atoms with van der Waals surface area (Å²) in [5.74, 6) is 0. The normalized spacial score (nSPS) is 14.4. The minimum atomic E-state index is -0.659. The van der Waals surface area contributed by atoms with Crippen LogP contribution in [0, 0.1) is 0 Å². The van der Waals surface area contributed by atoms with Crippen LogP contribution in [0.5, 0.6) is 0 Å². The molecular formula is C12H28ClN2P. The summed E-state index contributed by atoms with van der Waals surface area (Å²) < 4.78 is 4.87. The van der Waals surface area contributed by atoms with Gasteiger partial charge >= 0.3 is 0 Å². The van der Waals surface area contributed by atoms with E-state index in [1.807, 2.05) is 0 Å². The highest BCUT2D eigenvalue weighted by Gasteiger charge is 2.27. The summed E-state index contributed by atoms with van der Waals surface area (Å²) in [7, 11) is -0.659. The van der Waals surface area contributed by atoms with E-state index >= 15 is 0 Å². The van der Waals surface area contributed by atoms with Gasteiger partial charge in [0.25, 0.3) is 0 Å². The van der Waals surface area contributed by atoms with Crippen molar-refractivity contribution in [2.75, 3.05) is 13.1 Å². The Morgan fingerprint density at radius 1 is 0.938 bits per heavy atom. The third kappa shape index (κ3) is 5.31. The van der Waals surface area contributed by atoms with E-state index in [1.54, 1.807) is 0 Å². The van der Waals surface area contributed by atoms with Crippen LogP contribution >= 0.6 is 18.8 Å². The highest BCUT2D eigenvalue weighted by Crippen LogP contribution is 2.51. The molecule has 0 aliphatic heterocycles. The zero-order valence-corrected chi connectivity index (χ0v) is 13.4. The number of hydrogen-bond acceptors (Lipinski definition) is 2. The summed E-state index contributed by atoms with van der Waals surface area (Å²) in [4.78, 5) is 0. The Bertz CT molecular complexity index is 162. The quantitative estimate of drug-likeness (QED) is 0.588. The highest BCUT2D eigenvalue weighted by atomic mass is 35.7. The predicted octanol–water partition coefficient (Wildman–Crippen LogP) is 4.69. The van der Waals surface area contributed by atoms with Gasteiger partial charge in [-0.25, -0.2) is 0 Å². The van der Waals surface area contributed by atoms with Crippen molar-refractivity contribution in [3.8, 4) is 0 Å². The summed E-state index contributed by atoms with van der Waals surface area (Å²) in [6, 6.07) is 1.03. The van der Waals surface area contributed by atoms with Gasteiger partial charge in [-0.3, -0.25) is 9.34 Å². The SMILES string of the molecule is CCCN(CCC)P(Cl)N(C(C)C)C(C)C. The first-order valence-corrected chi connectivity index (χ1v) is 8.59. The lowest BCUT2D eigenvalue weighted by Gasteiger charge is -2.39. The van der Waals surface area contributed by atoms with Gasteiger partial charge in [0.2, 0.25) is 0 Å². The van der Waals surface area contributed by atoms with E-state index in [4.69, 9.17) is 11.2 Å². The maximum atomic E-state index is 6.68. The fraction of sp³-hybridized carbons (Fsp3) is 1.00. The Labute approximate surface area is 108 Å². The molecule has 0 aromatic carbocycles. The van der Waals surface area contributed by atoms with Crippen LogP contribution in [0.15, 0.2) is 0 Å². The molecule has 4 heteroatoms. The zero-order chi connectivity index (χ0) is 12.7. The van der Waals surface area contributed by atoms with Crippen molar-refractivity contribution in [1.29, 1.82) is 0 Å². The first-order chi connectivity index (χ1) is 7.45. The Hall–Kier alpha value is 0.640. The molecule has 1 unspecified atom stereocenters. The molecular weight excluding hydrogens is 239 g/mol. The fourth-order valence-corrected chi connectivity index (χ4v) is 5.20. The van der Waals surface area contributed by atoms with Crippen LogP contribution in [-0.4, -0.2) is 34.5 Å². The summed E-state index contributed by atoms with van der Waals surface area (Å²) >= 11 is 6.68. The van der Waals surface area contributed by atoms with Crippen LogP contribution < -0.4 is 0 Å². The molecule has 0 aromatic rings. The number of nitrogens with zero attached hydrogens (tertiary/aromatic N) is 2. The predicted molar refractivity (Wildman–Crippen MR) is 77.0 cm³/mol. The third-order valence-corrected chi connectivity index (χ3v) is 5.78. The van der Waals surface area contributed by atoms with E-state index in [-0.39, 0.29) is 0 Å². The van der Waals surface area contributed by atoms with Gasteiger partial charge in [-0.15, -0.1) is 0 Å². The van der Waals surface area contributed by atoms with Crippen molar-refractivity contribution in [3.05, 3.63) is 0 Å². The second kappa shape index (κ2) is 8.69. The summed E-state index contributed by atoms with van der Waals surface area (Å²) in [6.45, 7) is 15.6. The first-order valence-electron chi connectivity index (χ1n) is 6.44. The lowest BCUT2D eigenvalue weighted by atomic mass is 10.3. The highest BCUT2D eigenvalue weighted by molar-refractivity contribution is 7.80. The molecule has 0 saturated carbocycles. The second-order valence-electron chi connectivity index (χ2n) is 4.76. The lowest BCUT2D eigenvalue weighted by molar-refractivity contribution is 0.300. The molecule has 2 nitrogen and oxygen atoms in total. The van der Waals surface area contributed by atoms with Crippen LogP contribution in [0.4, 0.5) is 0 Å². The minimum absolute atomic E-state index is 0.514. The monoisotopic (exact) mass is 266 g/mol. The molecule has 0 aromatic heterocycles. The summed E-state index contributed by atoms with van der Waals surface area (Å²) in [6.07, 6.45) is 2.35. The van der Waals surface area contributed by atoms with Crippen LogP contribution in [0.1, 0.15) is 54.4 Å². The molecule has 0 aliphatic rings. The summed E-state index contributed by atoms with van der Waals surface area (Å²) in [5.41, 5.74) is 0. The maximum absolute atomic E-state index is 6.68. The van der Waals surface area contributed by atoms with Gasteiger partial charge in [0, 0.05) is 25.2 Å². The van der Waals surface area contributed by atoms with Crippen molar-refractivity contribution in [1.82, 2.24) is 9.34 Å². The molecule has 0 N–H and O–H groups in total. The van der Waals surface area contributed by atoms with E-state index in [1.165, 1.54) is 12.8 Å². The average molecular weight is 267 g/mol. The van der Waals surface area contributed by atoms with E-state index in [2.05, 4.69) is 50.9 Å². The molecule has 0 heterocycles. The van der Waals surface area contributed by atoms with Crippen molar-refractivity contribution in [2.45, 2.75) is 66.5 Å². The lowest BCUT2D eigenvalue weighted by Crippen LogP contribution is -2.36. The molecule has 98 valence electrons. The van der Waals surface area contributed by atoms with E-state index in [0.717, 1.165) is 13.1 Å². The topological polar surface area (TPSA) is 6.48 Å². The van der Waals surface area contributed by atoms with Gasteiger partial charge in [0.05, 0.1) is 0 Å². The Balaban J connectivity index is 4.58. The Morgan fingerprint density at radius 2 is 1.31 bits per heavy atom. The molecule has 0 aliphatic carbocycles. The van der Waals surface area contributed by atoms with E-state index < -0.39 is 7.58 Å². The molecule has 0 spiro atoms. The van der Waals surface area contributed by atoms with Crippen molar-refractivity contribution < 1.29 is 0 Å². The van der Waals surface area contributed by atoms with Crippen LogP contribution in [0.2, 0.25) is 0 Å². The molecule has 0 radical (unpaired) electrons. The zero-order valence-electron chi connectivity index (χ0n) is 11.7. The number of halogens is 1. The number of rotatable bonds is 8. The number of hydrogen-bond donors (Lipinski definition) is 0. The molecule has 0 saturated heterocycles. The molecule has 0 amide bonds. The van der Waals surface area contributed by atoms with Crippen LogP contribution in [0.25, 0.3) is 0 Å². The Kier molecular flexibility index (Phi) is 9.04. The van der Waals surface area contributed by atoms with Gasteiger partial charge in [-0.1, -0.05) is 25.1 Å². The van der Waals surface area contributed by atoms with Crippen molar-refractivity contribution in [2.24, 2.45) is 0 Å². The molecule has 1 atom stereocenters. The molecule has 0 rings (SSSR count). The third-order valence-electron chi connectivity index (χ3n) is 2.45. The van der Waals surface area contributed by atoms with E-state index in [0.29, 0.717) is 12.1 Å². The van der Waals surface area contributed by atoms with Gasteiger partial charge in [-0.05, 0) is 40.5 Å². The van der Waals surface area contributed by atoms with Crippen LogP contribution in [-0.2, 0) is 0 Å². The van der Waals surface area contributed by atoms with Crippen molar-refractivity contribution in [3.63, 3.8) is 0 Å².